The Kier molecular flexibility index (Phi) is 8.89. The Balaban J connectivity index is 1.32. The minimum atomic E-state index is 1.17. The number of nitrogens with zero attached hydrogens (tertiary/aromatic N) is 2. The quantitative estimate of drug-likeness (QED) is 0.0929. The van der Waals surface area contributed by atoms with Crippen LogP contribution in [0.15, 0.2) is 60.7 Å². The Morgan fingerprint density at radius 3 is 1.17 bits per heavy atom. The Morgan fingerprint density at radius 2 is 0.738 bits per heavy atom. The highest BCUT2D eigenvalue weighted by atomic mass is 14.9. The second-order valence-electron chi connectivity index (χ2n) is 12.8. The van der Waals surface area contributed by atoms with E-state index in [1.807, 2.05) is 0 Å². The summed E-state index contributed by atoms with van der Waals surface area (Å²) < 4.78 is 4.94. The van der Waals surface area contributed by atoms with Crippen molar-refractivity contribution < 1.29 is 0 Å². The minimum Gasteiger partial charge on any atom is -0.347 e. The van der Waals surface area contributed by atoms with E-state index >= 15 is 0 Å². The maximum atomic E-state index is 2.47. The molecule has 0 N–H and O–H groups in total. The second-order valence-corrected chi connectivity index (χ2v) is 12.8. The Hall–Kier alpha value is -3.26. The summed E-state index contributed by atoms with van der Waals surface area (Å²) in [6.07, 6.45) is 18.5. The third-order valence-corrected chi connectivity index (χ3v) is 9.95. The minimum absolute atomic E-state index is 1.17. The third-order valence-electron chi connectivity index (χ3n) is 9.95. The van der Waals surface area contributed by atoms with Crippen molar-refractivity contribution in [2.24, 2.45) is 14.1 Å². The van der Waals surface area contributed by atoms with Crippen LogP contribution in [0.2, 0.25) is 0 Å². The van der Waals surface area contributed by atoms with Crippen molar-refractivity contribution in [3.05, 3.63) is 72.1 Å². The third kappa shape index (κ3) is 5.46. The molecular weight excluding hydrogens is 508 g/mol. The van der Waals surface area contributed by atoms with E-state index in [2.05, 4.69) is 97.7 Å². The number of benzene rings is 4. The normalized spacial score (nSPS) is 12.2. The van der Waals surface area contributed by atoms with Crippen molar-refractivity contribution in [3.8, 4) is 0 Å². The van der Waals surface area contributed by atoms with Crippen molar-refractivity contribution in [1.82, 2.24) is 9.13 Å². The smallest absolute Gasteiger partial charge is 0.0559 e. The van der Waals surface area contributed by atoms with E-state index in [-0.39, 0.29) is 0 Å². The van der Waals surface area contributed by atoms with Crippen LogP contribution in [-0.2, 0) is 26.9 Å². The summed E-state index contributed by atoms with van der Waals surface area (Å²) in [5.74, 6) is 0. The first kappa shape index (κ1) is 28.8. The lowest BCUT2D eigenvalue weighted by molar-refractivity contribution is 0.601. The fourth-order valence-corrected chi connectivity index (χ4v) is 7.51. The molecule has 0 aliphatic rings. The first-order valence-corrected chi connectivity index (χ1v) is 17.0. The fourth-order valence-electron chi connectivity index (χ4n) is 7.51. The van der Waals surface area contributed by atoms with Crippen LogP contribution in [0.25, 0.3) is 54.1 Å². The second kappa shape index (κ2) is 12.9. The van der Waals surface area contributed by atoms with Crippen LogP contribution >= 0.6 is 0 Å². The Morgan fingerprint density at radius 1 is 0.405 bits per heavy atom. The van der Waals surface area contributed by atoms with Gasteiger partial charge in [0, 0.05) is 47.0 Å². The van der Waals surface area contributed by atoms with Gasteiger partial charge >= 0.3 is 0 Å². The van der Waals surface area contributed by atoms with Crippen LogP contribution in [0.5, 0.6) is 0 Å². The van der Waals surface area contributed by atoms with Gasteiger partial charge in [0.05, 0.1) is 11.0 Å². The van der Waals surface area contributed by atoms with Crippen LogP contribution in [-0.4, -0.2) is 9.13 Å². The number of rotatable bonds is 14. The van der Waals surface area contributed by atoms with E-state index in [9.17, 15) is 0 Å². The SMILES string of the molecule is CCCCCCCCc1cc2ccc3c4ccc5c(ccc6cc(CCCCCCCC)n(C)c65)c4ccc3c2n1C. The molecule has 0 unspecified atom stereocenters. The average Bonchev–Trinajstić information content (AvgIpc) is 3.51. The molecule has 0 spiro atoms. The molecule has 0 bridgehead atoms. The highest BCUT2D eigenvalue weighted by Crippen LogP contribution is 2.38. The van der Waals surface area contributed by atoms with Crippen molar-refractivity contribution >= 4 is 54.1 Å². The van der Waals surface area contributed by atoms with Gasteiger partial charge in [-0.3, -0.25) is 0 Å². The lowest BCUT2D eigenvalue weighted by atomic mass is 9.95. The summed E-state index contributed by atoms with van der Waals surface area (Å²) in [5.41, 5.74) is 5.70. The molecule has 2 heterocycles. The Bertz CT molecular complexity index is 1690. The standard InChI is InChI=1S/C40H50N2/c1-5-7-9-11-13-15-17-31-27-29-19-21-35-33-24-26-38-36(34(33)23-25-37(35)39(29)41(31)3)22-20-30-28-32(42(4)40(30)38)18-16-14-12-10-8-6-2/h19-28H,5-18H2,1-4H3. The van der Waals surface area contributed by atoms with Crippen molar-refractivity contribution in [3.63, 3.8) is 0 Å². The molecule has 6 aromatic rings. The van der Waals surface area contributed by atoms with E-state index in [0.29, 0.717) is 0 Å². The molecule has 0 fully saturated rings. The first-order valence-electron chi connectivity index (χ1n) is 17.0. The molecule has 4 aromatic carbocycles. The van der Waals surface area contributed by atoms with Crippen molar-refractivity contribution in [2.45, 2.75) is 104 Å². The van der Waals surface area contributed by atoms with Gasteiger partial charge in [-0.1, -0.05) is 127 Å². The fraction of sp³-hybridized carbons (Fsp3) is 0.450. The van der Waals surface area contributed by atoms with Crippen LogP contribution in [0, 0.1) is 0 Å². The van der Waals surface area contributed by atoms with Crippen molar-refractivity contribution in [1.29, 1.82) is 0 Å². The van der Waals surface area contributed by atoms with Crippen molar-refractivity contribution in [2.75, 3.05) is 0 Å². The van der Waals surface area contributed by atoms with E-state index in [4.69, 9.17) is 0 Å². The van der Waals surface area contributed by atoms with Gasteiger partial charge in [0.2, 0.25) is 0 Å². The molecule has 0 aliphatic heterocycles. The molecule has 0 atom stereocenters. The number of aryl methyl sites for hydroxylation is 4. The van der Waals surface area contributed by atoms with Gasteiger partial charge in [0.1, 0.15) is 0 Å². The number of unbranched alkanes of at least 4 members (excludes halogenated alkanes) is 10. The molecule has 2 aromatic heterocycles. The summed E-state index contributed by atoms with van der Waals surface area (Å²) in [4.78, 5) is 0. The highest BCUT2D eigenvalue weighted by molar-refractivity contribution is 6.24. The summed E-state index contributed by atoms with van der Waals surface area (Å²) in [6, 6.07) is 23.8. The molecule has 0 saturated carbocycles. The molecule has 6 rings (SSSR count). The number of hydrogen-bond donors (Lipinski definition) is 0. The maximum Gasteiger partial charge on any atom is 0.0559 e. The summed E-state index contributed by atoms with van der Waals surface area (Å²) >= 11 is 0. The predicted molar refractivity (Wildman–Crippen MR) is 186 cm³/mol. The summed E-state index contributed by atoms with van der Waals surface area (Å²) in [6.45, 7) is 4.58. The molecule has 2 nitrogen and oxygen atoms in total. The largest absolute Gasteiger partial charge is 0.347 e. The van der Waals surface area contributed by atoms with Gasteiger partial charge < -0.3 is 9.13 Å². The van der Waals surface area contributed by atoms with Gasteiger partial charge in [-0.25, -0.2) is 0 Å². The van der Waals surface area contributed by atoms with E-state index in [1.54, 1.807) is 0 Å². The summed E-state index contributed by atoms with van der Waals surface area (Å²) in [5, 5.41) is 10.9. The lowest BCUT2D eigenvalue weighted by Crippen LogP contribution is -1.97. The molecule has 0 aliphatic carbocycles. The zero-order chi connectivity index (χ0) is 29.1. The van der Waals surface area contributed by atoms with E-state index in [0.717, 1.165) is 0 Å². The molecule has 2 heteroatoms. The molecular formula is C40H50N2. The van der Waals surface area contributed by atoms with E-state index < -0.39 is 0 Å². The van der Waals surface area contributed by atoms with Gasteiger partial charge in [-0.2, -0.15) is 0 Å². The van der Waals surface area contributed by atoms with Gasteiger partial charge in [0.15, 0.2) is 0 Å². The van der Waals surface area contributed by atoms with Gasteiger partial charge in [0.25, 0.3) is 0 Å². The number of hydrogen-bond acceptors (Lipinski definition) is 0. The Labute approximate surface area is 252 Å². The number of fused-ring (bicyclic) bond motifs is 9. The van der Waals surface area contributed by atoms with E-state index in [1.165, 1.54) is 155 Å². The molecule has 0 saturated heterocycles. The molecule has 0 amide bonds. The van der Waals surface area contributed by atoms with Crippen LogP contribution in [0.1, 0.15) is 102 Å². The predicted octanol–water partition coefficient (Wildman–Crippen LogP) is 11.9. The van der Waals surface area contributed by atoms with Gasteiger partial charge in [-0.15, -0.1) is 0 Å². The zero-order valence-electron chi connectivity index (χ0n) is 26.6. The highest BCUT2D eigenvalue weighted by Gasteiger charge is 2.15. The lowest BCUT2D eigenvalue weighted by Gasteiger charge is -2.12. The van der Waals surface area contributed by atoms with Crippen LogP contribution in [0.4, 0.5) is 0 Å². The maximum absolute atomic E-state index is 2.47. The molecule has 220 valence electrons. The zero-order valence-corrected chi connectivity index (χ0v) is 26.6. The average molecular weight is 559 g/mol. The monoisotopic (exact) mass is 558 g/mol. The van der Waals surface area contributed by atoms with Crippen LogP contribution < -0.4 is 0 Å². The van der Waals surface area contributed by atoms with Gasteiger partial charge in [-0.05, 0) is 59.4 Å². The topological polar surface area (TPSA) is 9.86 Å². The molecule has 0 radical (unpaired) electrons. The first-order chi connectivity index (χ1) is 20.6. The molecule has 42 heavy (non-hydrogen) atoms. The number of aromatic nitrogens is 2. The summed E-state index contributed by atoms with van der Waals surface area (Å²) in [7, 11) is 4.54. The van der Waals surface area contributed by atoms with Crippen LogP contribution in [0.3, 0.4) is 0 Å².